The van der Waals surface area contributed by atoms with Gasteiger partial charge >= 0.3 is 0 Å². The number of aliphatic hydroxyl groups is 1. The lowest BCUT2D eigenvalue weighted by Gasteiger charge is -2.25. The van der Waals surface area contributed by atoms with E-state index in [2.05, 4.69) is 0 Å². The fraction of sp³-hybridized carbons (Fsp3) is 0.333. The van der Waals surface area contributed by atoms with Gasteiger partial charge in [0.2, 0.25) is 0 Å². The summed E-state index contributed by atoms with van der Waals surface area (Å²) < 4.78 is 21.5. The summed E-state index contributed by atoms with van der Waals surface area (Å²) in [5, 5.41) is 11.3. The van der Waals surface area contributed by atoms with Gasteiger partial charge in [-0.15, -0.1) is 0 Å². The molecule has 0 saturated carbocycles. The van der Waals surface area contributed by atoms with Gasteiger partial charge in [0.15, 0.2) is 0 Å². The minimum atomic E-state index is -0.833. The van der Waals surface area contributed by atoms with Crippen molar-refractivity contribution < 1.29 is 33.6 Å². The van der Waals surface area contributed by atoms with E-state index in [4.69, 9.17) is 18.9 Å². The number of nitrogens with zero attached hydrogens (tertiary/aromatic N) is 1. The van der Waals surface area contributed by atoms with Crippen LogP contribution in [0.1, 0.15) is 24.1 Å². The molecule has 32 heavy (non-hydrogen) atoms. The third kappa shape index (κ3) is 4.27. The van der Waals surface area contributed by atoms with Crippen LogP contribution in [-0.2, 0) is 14.3 Å². The molecule has 0 aliphatic carbocycles. The Hall–Kier alpha value is -3.52. The van der Waals surface area contributed by atoms with E-state index in [-0.39, 0.29) is 30.0 Å². The topological polar surface area (TPSA) is 94.5 Å². The van der Waals surface area contributed by atoms with Gasteiger partial charge in [0, 0.05) is 13.7 Å². The van der Waals surface area contributed by atoms with E-state index < -0.39 is 17.7 Å². The molecule has 170 valence electrons. The number of carbonyl (C=O) groups is 2. The first kappa shape index (κ1) is 23.1. The first-order valence-electron chi connectivity index (χ1n) is 10.2. The van der Waals surface area contributed by atoms with Gasteiger partial charge < -0.3 is 29.0 Å². The summed E-state index contributed by atoms with van der Waals surface area (Å²) in [7, 11) is 4.42. The molecule has 0 aromatic heterocycles. The minimum absolute atomic E-state index is 0.0532. The number of aliphatic hydroxyl groups excluding tert-OH is 1. The number of hydrogen-bond donors (Lipinski definition) is 1. The largest absolute Gasteiger partial charge is 0.506 e. The second-order valence-corrected chi connectivity index (χ2v) is 7.03. The van der Waals surface area contributed by atoms with Crippen LogP contribution < -0.4 is 14.2 Å². The monoisotopic (exact) mass is 441 g/mol. The van der Waals surface area contributed by atoms with Gasteiger partial charge in [-0.25, -0.2) is 0 Å². The number of hydrogen-bond acceptors (Lipinski definition) is 7. The van der Waals surface area contributed by atoms with Crippen molar-refractivity contribution in [1.29, 1.82) is 0 Å². The number of carbonyl (C=O) groups excluding carboxylic acids is 2. The zero-order valence-corrected chi connectivity index (χ0v) is 18.6. The van der Waals surface area contributed by atoms with Crippen molar-refractivity contribution in [1.82, 2.24) is 4.90 Å². The summed E-state index contributed by atoms with van der Waals surface area (Å²) in [5.41, 5.74) is 0.775. The molecule has 3 rings (SSSR count). The van der Waals surface area contributed by atoms with Crippen molar-refractivity contribution in [3.8, 4) is 17.2 Å². The first-order chi connectivity index (χ1) is 15.5. The molecule has 8 nitrogen and oxygen atoms in total. The molecule has 1 fully saturated rings. The van der Waals surface area contributed by atoms with E-state index in [1.165, 1.54) is 26.2 Å². The predicted octanol–water partition coefficient (Wildman–Crippen LogP) is 3.17. The van der Waals surface area contributed by atoms with E-state index in [1.54, 1.807) is 42.5 Å². The van der Waals surface area contributed by atoms with Crippen molar-refractivity contribution in [2.24, 2.45) is 0 Å². The molecule has 1 unspecified atom stereocenters. The summed E-state index contributed by atoms with van der Waals surface area (Å²) in [6.45, 7) is 2.73. The number of amides is 1. The minimum Gasteiger partial charge on any atom is -0.506 e. The normalized spacial score (nSPS) is 17.5. The molecule has 2 aromatic carbocycles. The van der Waals surface area contributed by atoms with Crippen LogP contribution in [0.15, 0.2) is 48.0 Å². The van der Waals surface area contributed by atoms with Gasteiger partial charge in [-0.2, -0.15) is 0 Å². The Labute approximate surface area is 187 Å². The molecular weight excluding hydrogens is 414 g/mol. The highest BCUT2D eigenvalue weighted by Gasteiger charge is 2.46. The number of benzene rings is 2. The summed E-state index contributed by atoms with van der Waals surface area (Å²) >= 11 is 0. The van der Waals surface area contributed by atoms with Gasteiger partial charge in [-0.05, 0) is 36.8 Å². The summed E-state index contributed by atoms with van der Waals surface area (Å²) in [6, 6.07) is 11.3. The quantitative estimate of drug-likeness (QED) is 0.363. The molecule has 1 aliphatic heterocycles. The van der Waals surface area contributed by atoms with Gasteiger partial charge in [0.05, 0.1) is 39.0 Å². The number of ether oxygens (including phenoxy) is 4. The van der Waals surface area contributed by atoms with Crippen molar-refractivity contribution in [3.63, 3.8) is 0 Å². The van der Waals surface area contributed by atoms with Crippen LogP contribution in [0.4, 0.5) is 0 Å². The number of methoxy groups -OCH3 is 3. The summed E-state index contributed by atoms with van der Waals surface area (Å²) in [6.07, 6.45) is 0. The maximum atomic E-state index is 13.1. The number of Topliss-reactive ketones (excluding diaryl/α,β-unsaturated/α-hetero) is 1. The lowest BCUT2D eigenvalue weighted by Crippen LogP contribution is -2.32. The molecule has 1 saturated heterocycles. The fourth-order valence-electron chi connectivity index (χ4n) is 3.81. The molecule has 0 radical (unpaired) electrons. The highest BCUT2D eigenvalue weighted by atomic mass is 16.5. The van der Waals surface area contributed by atoms with E-state index in [1.807, 2.05) is 6.92 Å². The van der Waals surface area contributed by atoms with E-state index in [0.717, 1.165) is 0 Å². The molecule has 1 N–H and O–H groups in total. The van der Waals surface area contributed by atoms with Crippen molar-refractivity contribution >= 4 is 17.4 Å². The van der Waals surface area contributed by atoms with Crippen LogP contribution >= 0.6 is 0 Å². The summed E-state index contributed by atoms with van der Waals surface area (Å²) in [4.78, 5) is 27.5. The van der Waals surface area contributed by atoms with E-state index >= 15 is 0 Å². The standard InChI is InChI=1S/C24H27NO7/c1-5-32-16-9-6-8-15(14-16)21-20(23(27)24(28)25(21)12-13-29-2)22(26)19-17(30-3)10-7-11-18(19)31-4/h6-11,14,21,26H,5,12-13H2,1-4H3/b22-20+. The molecule has 1 aliphatic rings. The molecule has 1 amide bonds. The molecule has 8 heteroatoms. The third-order valence-electron chi connectivity index (χ3n) is 5.23. The molecule has 1 atom stereocenters. The van der Waals surface area contributed by atoms with E-state index in [9.17, 15) is 14.7 Å². The lowest BCUT2D eigenvalue weighted by atomic mass is 9.94. The Morgan fingerprint density at radius 2 is 1.69 bits per heavy atom. The Morgan fingerprint density at radius 3 is 2.28 bits per heavy atom. The lowest BCUT2D eigenvalue weighted by molar-refractivity contribution is -0.140. The second-order valence-electron chi connectivity index (χ2n) is 7.03. The number of rotatable bonds is 9. The highest BCUT2D eigenvalue weighted by Crippen LogP contribution is 2.43. The Kier molecular flexibility index (Phi) is 7.37. The van der Waals surface area contributed by atoms with E-state index in [0.29, 0.717) is 29.4 Å². The fourth-order valence-corrected chi connectivity index (χ4v) is 3.81. The van der Waals surface area contributed by atoms with Crippen LogP contribution in [0.5, 0.6) is 17.2 Å². The molecule has 0 spiro atoms. The molecule has 0 bridgehead atoms. The first-order valence-corrected chi connectivity index (χ1v) is 10.2. The number of likely N-dealkylation sites (tertiary alicyclic amines) is 1. The third-order valence-corrected chi connectivity index (χ3v) is 5.23. The zero-order valence-electron chi connectivity index (χ0n) is 18.6. The molecular formula is C24H27NO7. The van der Waals surface area contributed by atoms with Gasteiger partial charge in [0.25, 0.3) is 11.7 Å². The average molecular weight is 441 g/mol. The van der Waals surface area contributed by atoms with Crippen LogP contribution in [0.2, 0.25) is 0 Å². The van der Waals surface area contributed by atoms with Crippen LogP contribution in [0.25, 0.3) is 5.76 Å². The SMILES string of the molecule is CCOc1cccc(C2/C(=C(\O)c3c(OC)cccc3OC)C(=O)C(=O)N2CCOC)c1. The van der Waals surface area contributed by atoms with Gasteiger partial charge in [-0.3, -0.25) is 9.59 Å². The van der Waals surface area contributed by atoms with Gasteiger partial charge in [0.1, 0.15) is 28.6 Å². The van der Waals surface area contributed by atoms with Crippen LogP contribution in [-0.4, -0.2) is 62.8 Å². The predicted molar refractivity (Wildman–Crippen MR) is 118 cm³/mol. The second kappa shape index (κ2) is 10.2. The molecule has 2 aromatic rings. The Balaban J connectivity index is 2.25. The molecule has 1 heterocycles. The maximum absolute atomic E-state index is 13.1. The zero-order chi connectivity index (χ0) is 23.3. The number of ketones is 1. The summed E-state index contributed by atoms with van der Waals surface area (Å²) in [5.74, 6) is -0.664. The Morgan fingerprint density at radius 1 is 1.03 bits per heavy atom. The van der Waals surface area contributed by atoms with Gasteiger partial charge in [-0.1, -0.05) is 18.2 Å². The average Bonchev–Trinajstić information content (AvgIpc) is 3.06. The Bertz CT molecular complexity index is 1010. The maximum Gasteiger partial charge on any atom is 0.295 e. The van der Waals surface area contributed by atoms with Crippen molar-refractivity contribution in [2.45, 2.75) is 13.0 Å². The van der Waals surface area contributed by atoms with Crippen LogP contribution in [0.3, 0.4) is 0 Å². The van der Waals surface area contributed by atoms with Crippen molar-refractivity contribution in [3.05, 3.63) is 59.2 Å². The van der Waals surface area contributed by atoms with Crippen LogP contribution in [0, 0.1) is 0 Å². The van der Waals surface area contributed by atoms with Crippen molar-refractivity contribution in [2.75, 3.05) is 41.1 Å². The smallest absolute Gasteiger partial charge is 0.295 e. The highest BCUT2D eigenvalue weighted by molar-refractivity contribution is 6.46.